The zero-order valence-electron chi connectivity index (χ0n) is 28.9. The number of unbranched alkanes of at least 4 members (excludes halogenated alkanes) is 7. The van der Waals surface area contributed by atoms with Crippen molar-refractivity contribution in [2.24, 2.45) is 0 Å². The summed E-state index contributed by atoms with van der Waals surface area (Å²) in [5.74, 6) is -2.75. The molecule has 0 bridgehead atoms. The third kappa shape index (κ3) is 38.5. The van der Waals surface area contributed by atoms with Crippen molar-refractivity contribution in [1.29, 1.82) is 0 Å². The number of carboxylic acid groups (broad SMARTS) is 1. The molecule has 0 saturated carbocycles. The maximum atomic E-state index is 12.3. The lowest BCUT2D eigenvalue weighted by atomic mass is 10.0. The van der Waals surface area contributed by atoms with E-state index in [4.69, 9.17) is 28.8 Å². The summed E-state index contributed by atoms with van der Waals surface area (Å²) in [5, 5.41) is 10.1. The van der Waals surface area contributed by atoms with Crippen LogP contribution in [0.5, 0.6) is 0 Å². The van der Waals surface area contributed by atoms with Crippen molar-refractivity contribution in [2.75, 3.05) is 13.2 Å². The molecular weight excluding hydrogens is 590 g/mol. The van der Waals surface area contributed by atoms with Gasteiger partial charge in [0.2, 0.25) is 5.91 Å². The third-order valence-corrected chi connectivity index (χ3v) is 5.47. The molecule has 1 amide bonds. The molecule has 45 heavy (non-hydrogen) atoms. The van der Waals surface area contributed by atoms with Crippen LogP contribution >= 0.6 is 0 Å². The third-order valence-electron chi connectivity index (χ3n) is 5.47. The SMILES string of the molecule is CC.CC.CC(=O)CCCCCCCCCCC(=O)NCC(OC(C)=O)C(OC=O)C(CCOC(C)=O)OC(C)=O.CC(=O)O. The van der Waals surface area contributed by atoms with Gasteiger partial charge in [-0.1, -0.05) is 66.2 Å². The summed E-state index contributed by atoms with van der Waals surface area (Å²) in [6.45, 7) is 14.1. The molecule has 0 saturated heterocycles. The summed E-state index contributed by atoms with van der Waals surface area (Å²) in [5.41, 5.74) is 0. The number of Topliss-reactive ketones (excluding diaryl/α,β-unsaturated/α-hetero) is 1. The van der Waals surface area contributed by atoms with E-state index in [0.29, 0.717) is 12.8 Å². The molecule has 0 aliphatic heterocycles. The summed E-state index contributed by atoms with van der Waals surface area (Å²) >= 11 is 0. The first-order chi connectivity index (χ1) is 21.3. The van der Waals surface area contributed by atoms with E-state index in [1.165, 1.54) is 6.92 Å². The fraction of sp³-hybridized carbons (Fsp3) is 0.781. The number of carbonyl (C=O) groups is 7. The molecule has 0 aromatic rings. The van der Waals surface area contributed by atoms with Crippen LogP contribution in [0.15, 0.2) is 0 Å². The minimum absolute atomic E-state index is 0.0138. The Kier molecular flexibility index (Phi) is 37.6. The maximum Gasteiger partial charge on any atom is 0.303 e. The molecular formula is C32H59NO12. The van der Waals surface area contributed by atoms with Gasteiger partial charge in [-0.05, 0) is 19.8 Å². The lowest BCUT2D eigenvalue weighted by molar-refractivity contribution is -0.178. The van der Waals surface area contributed by atoms with Crippen molar-refractivity contribution >= 4 is 42.0 Å². The summed E-state index contributed by atoms with van der Waals surface area (Å²) in [7, 11) is 0. The largest absolute Gasteiger partial charge is 0.481 e. The van der Waals surface area contributed by atoms with Gasteiger partial charge in [0, 0.05) is 47.0 Å². The Morgan fingerprint density at radius 2 is 1.09 bits per heavy atom. The summed E-state index contributed by atoms with van der Waals surface area (Å²) < 4.78 is 20.5. The molecule has 0 spiro atoms. The quantitative estimate of drug-likeness (QED) is 0.0685. The number of ether oxygens (including phenoxy) is 4. The van der Waals surface area contributed by atoms with E-state index in [1.807, 2.05) is 27.7 Å². The first-order valence-electron chi connectivity index (χ1n) is 15.8. The van der Waals surface area contributed by atoms with Gasteiger partial charge in [0.25, 0.3) is 12.4 Å². The molecule has 3 unspecified atom stereocenters. The number of aliphatic carboxylic acids is 1. The van der Waals surface area contributed by atoms with E-state index in [0.717, 1.165) is 65.7 Å². The number of ketones is 1. The van der Waals surface area contributed by atoms with Gasteiger partial charge in [0.1, 0.15) is 11.9 Å². The number of amides is 1. The highest BCUT2D eigenvalue weighted by Crippen LogP contribution is 2.17. The highest BCUT2D eigenvalue weighted by atomic mass is 16.6. The van der Waals surface area contributed by atoms with Crippen LogP contribution in [-0.2, 0) is 52.5 Å². The minimum atomic E-state index is -1.23. The van der Waals surface area contributed by atoms with Gasteiger partial charge in [0.15, 0.2) is 12.2 Å². The molecule has 0 aliphatic carbocycles. The number of hydrogen-bond donors (Lipinski definition) is 2. The Morgan fingerprint density at radius 3 is 1.49 bits per heavy atom. The van der Waals surface area contributed by atoms with E-state index < -0.39 is 42.2 Å². The zero-order valence-corrected chi connectivity index (χ0v) is 28.9. The second kappa shape index (κ2) is 35.0. The molecule has 0 radical (unpaired) electrons. The lowest BCUT2D eigenvalue weighted by Crippen LogP contribution is -2.49. The van der Waals surface area contributed by atoms with Crippen molar-refractivity contribution in [2.45, 2.75) is 151 Å². The predicted octanol–water partition coefficient (Wildman–Crippen LogP) is 5.09. The Hall–Kier alpha value is -3.51. The van der Waals surface area contributed by atoms with Gasteiger partial charge in [0.05, 0.1) is 13.2 Å². The van der Waals surface area contributed by atoms with Gasteiger partial charge in [-0.25, -0.2) is 0 Å². The number of esters is 3. The first-order valence-corrected chi connectivity index (χ1v) is 15.8. The fourth-order valence-electron chi connectivity index (χ4n) is 3.76. The van der Waals surface area contributed by atoms with Crippen LogP contribution in [-0.4, -0.2) is 78.6 Å². The van der Waals surface area contributed by atoms with Gasteiger partial charge < -0.3 is 34.2 Å². The van der Waals surface area contributed by atoms with Gasteiger partial charge in [-0.15, -0.1) is 0 Å². The van der Waals surface area contributed by atoms with E-state index in [9.17, 15) is 28.8 Å². The van der Waals surface area contributed by atoms with Gasteiger partial charge in [-0.2, -0.15) is 0 Å². The molecule has 0 aliphatic rings. The van der Waals surface area contributed by atoms with E-state index >= 15 is 0 Å². The number of carboxylic acids is 1. The number of nitrogens with one attached hydrogen (secondary N) is 1. The van der Waals surface area contributed by atoms with Gasteiger partial charge >= 0.3 is 17.9 Å². The number of rotatable bonds is 22. The van der Waals surface area contributed by atoms with E-state index in [2.05, 4.69) is 5.32 Å². The highest BCUT2D eigenvalue weighted by Gasteiger charge is 2.36. The average Bonchev–Trinajstić information content (AvgIpc) is 2.95. The van der Waals surface area contributed by atoms with E-state index in [1.54, 1.807) is 6.92 Å². The monoisotopic (exact) mass is 649 g/mol. The molecule has 0 heterocycles. The normalized spacial score (nSPS) is 11.5. The number of hydrogen-bond acceptors (Lipinski definition) is 11. The Morgan fingerprint density at radius 1 is 0.667 bits per heavy atom. The molecule has 0 aromatic heterocycles. The van der Waals surface area contributed by atoms with Crippen LogP contribution in [0.25, 0.3) is 0 Å². The van der Waals surface area contributed by atoms with Gasteiger partial charge in [-0.3, -0.25) is 28.8 Å². The smallest absolute Gasteiger partial charge is 0.303 e. The highest BCUT2D eigenvalue weighted by molar-refractivity contribution is 5.76. The van der Waals surface area contributed by atoms with E-state index in [-0.39, 0.29) is 44.2 Å². The van der Waals surface area contributed by atoms with Crippen molar-refractivity contribution in [3.05, 3.63) is 0 Å². The molecule has 0 fully saturated rings. The standard InChI is InChI=1S/C26H43NO10.C2H4O2.2C2H6/c1-19(29)13-11-9-7-5-6-8-10-12-14-25(33)27-17-24(37-22(4)32)26(35-18-28)23(36-21(3)31)15-16-34-20(2)30;1-2(3)4;2*1-2/h18,23-24,26H,5-17H2,1-4H3,(H,27,33);1H3,(H,3,4);2*1-2H3. The fourth-order valence-corrected chi connectivity index (χ4v) is 3.76. The van der Waals surface area contributed by atoms with Crippen molar-refractivity contribution < 1.29 is 57.6 Å². The summed E-state index contributed by atoms with van der Waals surface area (Å²) in [6.07, 6.45) is 5.37. The lowest BCUT2D eigenvalue weighted by Gasteiger charge is -2.31. The average molecular weight is 650 g/mol. The van der Waals surface area contributed by atoms with Crippen LogP contribution in [0.3, 0.4) is 0 Å². The molecule has 0 rings (SSSR count). The molecule has 264 valence electrons. The van der Waals surface area contributed by atoms with Crippen molar-refractivity contribution in [1.82, 2.24) is 5.32 Å². The maximum absolute atomic E-state index is 12.3. The van der Waals surface area contributed by atoms with Crippen LogP contribution in [0.4, 0.5) is 0 Å². The van der Waals surface area contributed by atoms with Crippen LogP contribution in [0, 0.1) is 0 Å². The van der Waals surface area contributed by atoms with Crippen molar-refractivity contribution in [3.63, 3.8) is 0 Å². The zero-order chi connectivity index (χ0) is 35.6. The topological polar surface area (TPSA) is 189 Å². The molecule has 2 N–H and O–H groups in total. The summed E-state index contributed by atoms with van der Waals surface area (Å²) in [6, 6.07) is 0. The Labute approximate surface area is 269 Å². The molecule has 13 nitrogen and oxygen atoms in total. The second-order valence-corrected chi connectivity index (χ2v) is 9.47. The number of carbonyl (C=O) groups excluding carboxylic acids is 6. The van der Waals surface area contributed by atoms with Crippen LogP contribution < -0.4 is 5.32 Å². The Balaban J connectivity index is -0.000000947. The van der Waals surface area contributed by atoms with Crippen LogP contribution in [0.2, 0.25) is 0 Å². The molecule has 13 heteroatoms. The molecule has 0 aromatic carbocycles. The minimum Gasteiger partial charge on any atom is -0.481 e. The first kappa shape index (κ1) is 48.4. The Bertz CT molecular complexity index is 812. The summed E-state index contributed by atoms with van der Waals surface area (Å²) in [4.78, 5) is 77.7. The second-order valence-electron chi connectivity index (χ2n) is 9.47. The van der Waals surface area contributed by atoms with Crippen molar-refractivity contribution in [3.8, 4) is 0 Å². The molecule has 3 atom stereocenters. The van der Waals surface area contributed by atoms with Crippen LogP contribution in [0.1, 0.15) is 133 Å². The predicted molar refractivity (Wildman–Crippen MR) is 169 cm³/mol.